The third-order valence-electron chi connectivity index (χ3n) is 3.24. The summed E-state index contributed by atoms with van der Waals surface area (Å²) in [7, 11) is 0. The van der Waals surface area contributed by atoms with Crippen LogP contribution in [-0.4, -0.2) is 0 Å². The van der Waals surface area contributed by atoms with E-state index in [1.807, 2.05) is 19.9 Å². The predicted molar refractivity (Wildman–Crippen MR) is 73.5 cm³/mol. The maximum atomic E-state index is 10.4. The Kier molecular flexibility index (Phi) is 5.61. The van der Waals surface area contributed by atoms with Crippen molar-refractivity contribution in [2.75, 3.05) is 0 Å². The monoisotopic (exact) mass is 231 g/mol. The molecule has 1 aliphatic carbocycles. The van der Waals surface area contributed by atoms with Gasteiger partial charge in [-0.1, -0.05) is 29.9 Å². The fraction of sp³-hybridized carbons (Fsp3) is 0.467. The molecule has 0 aromatic heterocycles. The van der Waals surface area contributed by atoms with E-state index in [1.165, 1.54) is 18.4 Å². The Morgan fingerprint density at radius 1 is 1.35 bits per heavy atom. The SMILES string of the molecule is C=CC(CC(/C=C\C(=C/C)N=O)=C/C)C1CC1. The highest BCUT2D eigenvalue weighted by Gasteiger charge is 2.28. The summed E-state index contributed by atoms with van der Waals surface area (Å²) in [5.41, 5.74) is 1.72. The number of nitrogens with zero attached hydrogens (tertiary/aromatic N) is 1. The van der Waals surface area contributed by atoms with Crippen molar-refractivity contribution in [1.29, 1.82) is 0 Å². The molecule has 0 saturated heterocycles. The summed E-state index contributed by atoms with van der Waals surface area (Å²) in [4.78, 5) is 10.4. The normalized spacial score (nSPS) is 19.4. The first kappa shape index (κ1) is 13.6. The average Bonchev–Trinajstić information content (AvgIpc) is 3.18. The first-order valence-electron chi connectivity index (χ1n) is 6.20. The third kappa shape index (κ3) is 4.51. The molecule has 1 unspecified atom stereocenters. The zero-order valence-corrected chi connectivity index (χ0v) is 10.7. The van der Waals surface area contributed by atoms with Gasteiger partial charge in [-0.05, 0) is 56.2 Å². The van der Waals surface area contributed by atoms with Gasteiger partial charge >= 0.3 is 0 Å². The molecule has 0 aromatic rings. The molecule has 0 heterocycles. The maximum Gasteiger partial charge on any atom is 0.103 e. The quantitative estimate of drug-likeness (QED) is 0.353. The summed E-state index contributed by atoms with van der Waals surface area (Å²) in [6.07, 6.45) is 13.3. The predicted octanol–water partition coefficient (Wildman–Crippen LogP) is 4.76. The van der Waals surface area contributed by atoms with E-state index >= 15 is 0 Å². The van der Waals surface area contributed by atoms with Crippen molar-refractivity contribution in [2.45, 2.75) is 33.1 Å². The summed E-state index contributed by atoms with van der Waals surface area (Å²) < 4.78 is 0. The lowest BCUT2D eigenvalue weighted by molar-refractivity contribution is 0.569. The van der Waals surface area contributed by atoms with Crippen LogP contribution < -0.4 is 0 Å². The summed E-state index contributed by atoms with van der Waals surface area (Å²) in [6.45, 7) is 7.74. The van der Waals surface area contributed by atoms with Crippen LogP contribution >= 0.6 is 0 Å². The Morgan fingerprint density at radius 2 is 2.06 bits per heavy atom. The van der Waals surface area contributed by atoms with E-state index in [9.17, 15) is 4.91 Å². The first-order valence-corrected chi connectivity index (χ1v) is 6.20. The van der Waals surface area contributed by atoms with Crippen molar-refractivity contribution in [1.82, 2.24) is 0 Å². The Balaban J connectivity index is 2.59. The van der Waals surface area contributed by atoms with Crippen LogP contribution in [0.4, 0.5) is 0 Å². The standard InChI is InChI=1S/C15H21NO/c1-4-12(7-10-15(6-3)16-17)11-13(5-2)14-8-9-14/h4-7,10,13-14H,2,8-9,11H2,1,3H3/b10-7-,12-4+,15-6+. The van der Waals surface area contributed by atoms with E-state index in [0.29, 0.717) is 11.6 Å². The molecule has 0 N–H and O–H groups in total. The fourth-order valence-electron chi connectivity index (χ4n) is 1.89. The molecule has 1 fully saturated rings. The van der Waals surface area contributed by atoms with Crippen LogP contribution in [0, 0.1) is 16.7 Å². The number of rotatable bonds is 7. The van der Waals surface area contributed by atoms with E-state index in [0.717, 1.165) is 12.3 Å². The molecule has 2 heteroatoms. The molecule has 0 aromatic carbocycles. The highest BCUT2D eigenvalue weighted by atomic mass is 16.3. The number of hydrogen-bond donors (Lipinski definition) is 0. The second-order valence-corrected chi connectivity index (χ2v) is 4.44. The number of allylic oxidation sites excluding steroid dienone is 6. The van der Waals surface area contributed by atoms with E-state index in [1.54, 1.807) is 12.2 Å². The topological polar surface area (TPSA) is 29.4 Å². The highest BCUT2D eigenvalue weighted by Crippen LogP contribution is 2.40. The van der Waals surface area contributed by atoms with Crippen molar-refractivity contribution >= 4 is 0 Å². The Hall–Kier alpha value is -1.44. The molecular weight excluding hydrogens is 210 g/mol. The van der Waals surface area contributed by atoms with Crippen LogP contribution in [0.2, 0.25) is 0 Å². The van der Waals surface area contributed by atoms with Gasteiger partial charge < -0.3 is 0 Å². The molecule has 1 atom stereocenters. The van der Waals surface area contributed by atoms with Gasteiger partial charge in [0.15, 0.2) is 0 Å². The summed E-state index contributed by atoms with van der Waals surface area (Å²) in [6, 6.07) is 0. The van der Waals surface area contributed by atoms with Crippen molar-refractivity contribution in [2.24, 2.45) is 17.0 Å². The van der Waals surface area contributed by atoms with Crippen molar-refractivity contribution in [3.63, 3.8) is 0 Å². The smallest absolute Gasteiger partial charge is 0.103 e. The van der Waals surface area contributed by atoms with Gasteiger partial charge in [0.2, 0.25) is 0 Å². The van der Waals surface area contributed by atoms with Gasteiger partial charge in [-0.3, -0.25) is 0 Å². The van der Waals surface area contributed by atoms with Crippen LogP contribution in [0.3, 0.4) is 0 Å². The molecule has 0 amide bonds. The molecule has 2 nitrogen and oxygen atoms in total. The van der Waals surface area contributed by atoms with Gasteiger partial charge in [0.25, 0.3) is 0 Å². The molecule has 92 valence electrons. The summed E-state index contributed by atoms with van der Waals surface area (Å²) >= 11 is 0. The summed E-state index contributed by atoms with van der Waals surface area (Å²) in [5.74, 6) is 1.39. The lowest BCUT2D eigenvalue weighted by Crippen LogP contribution is -1.99. The van der Waals surface area contributed by atoms with E-state index in [4.69, 9.17) is 0 Å². The van der Waals surface area contributed by atoms with E-state index in [-0.39, 0.29) is 0 Å². The molecular formula is C15H21NO. The zero-order chi connectivity index (χ0) is 12.7. The second kappa shape index (κ2) is 7.00. The Bertz CT molecular complexity index is 359. The van der Waals surface area contributed by atoms with Crippen molar-refractivity contribution in [3.8, 4) is 0 Å². The molecule has 0 radical (unpaired) electrons. The minimum Gasteiger partial charge on any atom is -0.145 e. The van der Waals surface area contributed by atoms with Gasteiger partial charge in [-0.2, -0.15) is 0 Å². The van der Waals surface area contributed by atoms with Crippen LogP contribution in [0.5, 0.6) is 0 Å². The first-order chi connectivity index (χ1) is 8.24. The molecule has 17 heavy (non-hydrogen) atoms. The van der Waals surface area contributed by atoms with Gasteiger partial charge in [0, 0.05) is 0 Å². The fourth-order valence-corrected chi connectivity index (χ4v) is 1.89. The van der Waals surface area contributed by atoms with Crippen LogP contribution in [0.15, 0.2) is 53.4 Å². The molecule has 0 spiro atoms. The molecule has 0 aliphatic heterocycles. The molecule has 1 rings (SSSR count). The zero-order valence-electron chi connectivity index (χ0n) is 10.7. The second-order valence-electron chi connectivity index (χ2n) is 4.44. The van der Waals surface area contributed by atoms with Crippen molar-refractivity contribution in [3.05, 3.63) is 53.1 Å². The van der Waals surface area contributed by atoms with Crippen LogP contribution in [0.1, 0.15) is 33.1 Å². The van der Waals surface area contributed by atoms with Crippen molar-refractivity contribution < 1.29 is 0 Å². The van der Waals surface area contributed by atoms with Gasteiger partial charge in [0.1, 0.15) is 5.70 Å². The van der Waals surface area contributed by atoms with Crippen LogP contribution in [-0.2, 0) is 0 Å². The molecule has 1 aliphatic rings. The third-order valence-corrected chi connectivity index (χ3v) is 3.24. The highest BCUT2D eigenvalue weighted by molar-refractivity contribution is 5.27. The summed E-state index contributed by atoms with van der Waals surface area (Å²) in [5, 5.41) is 2.94. The van der Waals surface area contributed by atoms with Crippen LogP contribution in [0.25, 0.3) is 0 Å². The lowest BCUT2D eigenvalue weighted by atomic mass is 9.94. The molecule has 0 bridgehead atoms. The van der Waals surface area contributed by atoms with Gasteiger partial charge in [-0.25, -0.2) is 0 Å². The Labute approximate surface area is 104 Å². The minimum atomic E-state index is 0.478. The maximum absolute atomic E-state index is 10.4. The van der Waals surface area contributed by atoms with E-state index < -0.39 is 0 Å². The van der Waals surface area contributed by atoms with Gasteiger partial charge in [-0.15, -0.1) is 11.5 Å². The average molecular weight is 231 g/mol. The lowest BCUT2D eigenvalue weighted by Gasteiger charge is -2.11. The Morgan fingerprint density at radius 3 is 2.47 bits per heavy atom. The molecule has 1 saturated carbocycles. The number of hydrogen-bond acceptors (Lipinski definition) is 2. The number of nitroso groups, excluding NO2 is 1. The van der Waals surface area contributed by atoms with Gasteiger partial charge in [0.05, 0.1) is 0 Å². The minimum absolute atomic E-state index is 0.478. The van der Waals surface area contributed by atoms with E-state index in [2.05, 4.69) is 23.9 Å². The largest absolute Gasteiger partial charge is 0.145 e.